The normalized spacial score (nSPS) is 15.3. The molecule has 0 aliphatic carbocycles. The van der Waals surface area contributed by atoms with Gasteiger partial charge in [-0.2, -0.15) is 5.10 Å². The molecule has 1 fully saturated rings. The highest BCUT2D eigenvalue weighted by molar-refractivity contribution is 6.12. The Morgan fingerprint density at radius 2 is 2.00 bits per heavy atom. The molecule has 0 bridgehead atoms. The van der Waals surface area contributed by atoms with Crippen molar-refractivity contribution in [3.05, 3.63) is 58.1 Å². The van der Waals surface area contributed by atoms with Crippen LogP contribution in [0.4, 0.5) is 5.82 Å². The molecule has 2 aromatic heterocycles. The maximum absolute atomic E-state index is 12.8. The van der Waals surface area contributed by atoms with Gasteiger partial charge < -0.3 is 14.6 Å². The molecule has 4 rings (SSSR count). The number of carbonyl (C=O) groups is 1. The van der Waals surface area contributed by atoms with Gasteiger partial charge in [-0.15, -0.1) is 0 Å². The van der Waals surface area contributed by atoms with Crippen LogP contribution in [0.5, 0.6) is 0 Å². The molecule has 1 amide bonds. The van der Waals surface area contributed by atoms with E-state index in [0.717, 1.165) is 31.7 Å². The molecule has 0 unspecified atom stereocenters. The average molecular weight is 352 g/mol. The fourth-order valence-electron chi connectivity index (χ4n) is 3.40. The lowest BCUT2D eigenvalue weighted by molar-refractivity contribution is 0.0845. The third-order valence-corrected chi connectivity index (χ3v) is 4.84. The Balaban J connectivity index is 1.61. The minimum Gasteiger partial charge on any atom is -0.381 e. The monoisotopic (exact) mass is 352 g/mol. The number of rotatable bonds is 3. The van der Waals surface area contributed by atoms with E-state index in [1.54, 1.807) is 31.4 Å². The van der Waals surface area contributed by atoms with Crippen LogP contribution in [0.3, 0.4) is 0 Å². The summed E-state index contributed by atoms with van der Waals surface area (Å²) in [5, 5.41) is 11.2. The second kappa shape index (κ2) is 6.76. The largest absolute Gasteiger partial charge is 0.381 e. The van der Waals surface area contributed by atoms with Crippen molar-refractivity contribution in [2.75, 3.05) is 18.5 Å². The number of pyridine rings is 1. The van der Waals surface area contributed by atoms with Crippen molar-refractivity contribution < 1.29 is 9.53 Å². The molecule has 1 saturated heterocycles. The molecule has 0 saturated carbocycles. The second-order valence-electron chi connectivity index (χ2n) is 6.55. The fourth-order valence-corrected chi connectivity index (χ4v) is 3.40. The van der Waals surface area contributed by atoms with Crippen molar-refractivity contribution in [3.8, 4) is 0 Å². The average Bonchev–Trinajstić information content (AvgIpc) is 3.14. The lowest BCUT2D eigenvalue weighted by Crippen LogP contribution is -2.21. The molecule has 0 atom stereocenters. The van der Waals surface area contributed by atoms with Gasteiger partial charge in [0.15, 0.2) is 5.82 Å². The number of aromatic nitrogens is 3. The molecule has 1 aromatic carbocycles. The number of ether oxygens (including phenoxy) is 1. The Morgan fingerprint density at radius 3 is 2.77 bits per heavy atom. The number of aryl methyl sites for hydroxylation is 1. The van der Waals surface area contributed by atoms with E-state index in [2.05, 4.69) is 15.5 Å². The summed E-state index contributed by atoms with van der Waals surface area (Å²) < 4.78 is 6.81. The van der Waals surface area contributed by atoms with Crippen LogP contribution in [-0.4, -0.2) is 33.9 Å². The molecule has 134 valence electrons. The predicted molar refractivity (Wildman–Crippen MR) is 98.5 cm³/mol. The Morgan fingerprint density at radius 1 is 1.27 bits per heavy atom. The van der Waals surface area contributed by atoms with E-state index in [-0.39, 0.29) is 11.5 Å². The molecule has 7 heteroatoms. The highest BCUT2D eigenvalue weighted by Gasteiger charge is 2.19. The standard InChI is InChI=1S/C19H20N4O3/c1-23-11-15(13-4-2-3-5-14(13)19(23)25)18(24)20-17-10-16(21-22-17)12-6-8-26-9-7-12/h2-5,10-12H,6-9H2,1H3,(H2,20,21,22,24). The summed E-state index contributed by atoms with van der Waals surface area (Å²) in [6.45, 7) is 1.49. The smallest absolute Gasteiger partial charge is 0.258 e. The van der Waals surface area contributed by atoms with Gasteiger partial charge in [0.2, 0.25) is 0 Å². The number of hydrogen-bond donors (Lipinski definition) is 2. The summed E-state index contributed by atoms with van der Waals surface area (Å²) in [6.07, 6.45) is 3.45. The summed E-state index contributed by atoms with van der Waals surface area (Å²) in [5.41, 5.74) is 1.32. The first-order valence-corrected chi connectivity index (χ1v) is 8.66. The SMILES string of the molecule is Cn1cc(C(=O)Nc2cc(C3CCOCC3)[nH]n2)c2ccccc2c1=O. The van der Waals surface area contributed by atoms with Crippen LogP contribution in [0, 0.1) is 0 Å². The van der Waals surface area contributed by atoms with E-state index < -0.39 is 0 Å². The van der Waals surface area contributed by atoms with Gasteiger partial charge in [-0.05, 0) is 18.9 Å². The highest BCUT2D eigenvalue weighted by Crippen LogP contribution is 2.27. The topological polar surface area (TPSA) is 89.0 Å². The summed E-state index contributed by atoms with van der Waals surface area (Å²) in [7, 11) is 1.64. The molecule has 2 N–H and O–H groups in total. The summed E-state index contributed by atoms with van der Waals surface area (Å²) in [6, 6.07) is 8.99. The van der Waals surface area contributed by atoms with E-state index in [1.165, 1.54) is 4.57 Å². The maximum Gasteiger partial charge on any atom is 0.258 e. The van der Waals surface area contributed by atoms with E-state index >= 15 is 0 Å². The van der Waals surface area contributed by atoms with Gasteiger partial charge in [-0.3, -0.25) is 14.7 Å². The van der Waals surface area contributed by atoms with Gasteiger partial charge in [-0.25, -0.2) is 0 Å². The first-order chi connectivity index (χ1) is 12.6. The predicted octanol–water partition coefficient (Wildman–Crippen LogP) is 2.41. The number of benzene rings is 1. The Hall–Kier alpha value is -2.93. The number of aromatic amines is 1. The van der Waals surface area contributed by atoms with E-state index in [9.17, 15) is 9.59 Å². The van der Waals surface area contributed by atoms with Crippen molar-refractivity contribution in [2.45, 2.75) is 18.8 Å². The van der Waals surface area contributed by atoms with E-state index in [0.29, 0.717) is 28.1 Å². The minimum atomic E-state index is -0.290. The van der Waals surface area contributed by atoms with Crippen LogP contribution in [-0.2, 0) is 11.8 Å². The van der Waals surface area contributed by atoms with E-state index in [4.69, 9.17) is 4.74 Å². The molecule has 0 radical (unpaired) electrons. The van der Waals surface area contributed by atoms with Crippen LogP contribution in [0.25, 0.3) is 10.8 Å². The Kier molecular flexibility index (Phi) is 4.30. The number of anilines is 1. The lowest BCUT2D eigenvalue weighted by atomic mass is 9.97. The quantitative estimate of drug-likeness (QED) is 0.757. The third-order valence-electron chi connectivity index (χ3n) is 4.84. The van der Waals surface area contributed by atoms with Crippen LogP contribution in [0.15, 0.2) is 41.3 Å². The number of fused-ring (bicyclic) bond motifs is 1. The van der Waals surface area contributed by atoms with Crippen LogP contribution >= 0.6 is 0 Å². The summed E-state index contributed by atoms with van der Waals surface area (Å²) in [4.78, 5) is 25.0. The zero-order valence-corrected chi connectivity index (χ0v) is 14.5. The minimum absolute atomic E-state index is 0.126. The molecule has 1 aliphatic heterocycles. The summed E-state index contributed by atoms with van der Waals surface area (Å²) in [5.74, 6) is 0.566. The van der Waals surface area contributed by atoms with Gasteiger partial charge in [0.1, 0.15) is 0 Å². The maximum atomic E-state index is 12.8. The van der Waals surface area contributed by atoms with Crippen LogP contribution in [0.2, 0.25) is 0 Å². The van der Waals surface area contributed by atoms with Gasteiger partial charge in [0.05, 0.1) is 5.56 Å². The zero-order chi connectivity index (χ0) is 18.1. The highest BCUT2D eigenvalue weighted by atomic mass is 16.5. The van der Waals surface area contributed by atoms with Crippen molar-refractivity contribution in [2.24, 2.45) is 7.05 Å². The third kappa shape index (κ3) is 3.01. The van der Waals surface area contributed by atoms with Crippen molar-refractivity contribution >= 4 is 22.5 Å². The van der Waals surface area contributed by atoms with Gasteiger partial charge in [0, 0.05) is 54.9 Å². The number of H-pyrrole nitrogens is 1. The molecule has 3 aromatic rings. The zero-order valence-electron chi connectivity index (χ0n) is 14.5. The number of nitrogens with zero attached hydrogens (tertiary/aromatic N) is 2. The molecule has 1 aliphatic rings. The molecule has 26 heavy (non-hydrogen) atoms. The van der Waals surface area contributed by atoms with Crippen molar-refractivity contribution in [1.82, 2.24) is 14.8 Å². The Bertz CT molecular complexity index is 1020. The molecular weight excluding hydrogens is 332 g/mol. The van der Waals surface area contributed by atoms with Gasteiger partial charge in [-0.1, -0.05) is 18.2 Å². The molecule has 0 spiro atoms. The lowest BCUT2D eigenvalue weighted by Gasteiger charge is -2.20. The first kappa shape index (κ1) is 16.5. The fraction of sp³-hybridized carbons (Fsp3) is 0.316. The summed E-state index contributed by atoms with van der Waals surface area (Å²) >= 11 is 0. The van der Waals surface area contributed by atoms with E-state index in [1.807, 2.05) is 12.1 Å². The van der Waals surface area contributed by atoms with Gasteiger partial charge >= 0.3 is 0 Å². The van der Waals surface area contributed by atoms with Gasteiger partial charge in [0.25, 0.3) is 11.5 Å². The van der Waals surface area contributed by atoms with Crippen LogP contribution < -0.4 is 10.9 Å². The molecular formula is C19H20N4O3. The molecule has 3 heterocycles. The second-order valence-corrected chi connectivity index (χ2v) is 6.55. The number of hydrogen-bond acceptors (Lipinski definition) is 4. The first-order valence-electron chi connectivity index (χ1n) is 8.66. The van der Waals surface area contributed by atoms with Crippen molar-refractivity contribution in [3.63, 3.8) is 0 Å². The van der Waals surface area contributed by atoms with Crippen molar-refractivity contribution in [1.29, 1.82) is 0 Å². The number of amides is 1. The van der Waals surface area contributed by atoms with Crippen LogP contribution in [0.1, 0.15) is 34.8 Å². The molecule has 7 nitrogen and oxygen atoms in total. The number of carbonyl (C=O) groups excluding carboxylic acids is 1. The Labute approximate surface area is 150 Å². The number of nitrogens with one attached hydrogen (secondary N) is 2.